The first kappa shape index (κ1) is 101. The molecule has 0 aromatic rings. The first-order chi connectivity index (χ1) is 51.7. The van der Waals surface area contributed by atoms with Gasteiger partial charge in [-0.1, -0.05) is 308 Å². The zero-order chi connectivity index (χ0) is 77.4. The molecule has 17 nitrogen and oxygen atoms in total. The van der Waals surface area contributed by atoms with Crippen LogP contribution in [0, 0.1) is 0 Å². The van der Waals surface area contributed by atoms with Crippen LogP contribution in [-0.2, 0) is 65.4 Å². The number of esters is 4. The normalized spacial score (nSPS) is 14.7. The molecule has 0 bridgehead atoms. The third-order valence-electron chi connectivity index (χ3n) is 16.5. The van der Waals surface area contributed by atoms with Gasteiger partial charge in [-0.3, -0.25) is 37.3 Å². The summed E-state index contributed by atoms with van der Waals surface area (Å²) in [6.45, 7) is 4.41. The predicted molar refractivity (Wildman–Crippen MR) is 436 cm³/mol. The van der Waals surface area contributed by atoms with Gasteiger partial charge in [-0.25, -0.2) is 9.13 Å². The van der Waals surface area contributed by atoms with Gasteiger partial charge in [-0.15, -0.1) is 0 Å². The number of carbonyl (C=O) groups is 4. The number of carbonyl (C=O) groups excluding carboxylic acids is 4. The molecule has 0 saturated carbocycles. The van der Waals surface area contributed by atoms with Gasteiger partial charge >= 0.3 is 39.5 Å². The molecule has 0 aliphatic heterocycles. The van der Waals surface area contributed by atoms with Crippen LogP contribution in [0.15, 0.2) is 158 Å². The fourth-order valence-electron chi connectivity index (χ4n) is 10.4. The maximum atomic E-state index is 13.1. The number of rotatable bonds is 75. The van der Waals surface area contributed by atoms with Crippen molar-refractivity contribution in [1.82, 2.24) is 0 Å². The molecule has 0 amide bonds. The Balaban J connectivity index is 5.46. The molecule has 0 spiro atoms. The Bertz CT molecular complexity index is 2630. The maximum absolute atomic E-state index is 13.1. The number of unbranched alkanes of at least 4 members (excludes halogenated alkanes) is 23. The zero-order valence-corrected chi connectivity index (χ0v) is 67.8. The molecular formula is C87H144O17P2. The molecule has 0 heterocycles. The van der Waals surface area contributed by atoms with E-state index in [4.69, 9.17) is 37.0 Å². The molecule has 0 aliphatic carbocycles. The highest BCUT2D eigenvalue weighted by atomic mass is 31.2. The van der Waals surface area contributed by atoms with Gasteiger partial charge in [0.15, 0.2) is 12.2 Å². The van der Waals surface area contributed by atoms with Crippen molar-refractivity contribution < 1.29 is 80.2 Å². The van der Waals surface area contributed by atoms with Gasteiger partial charge < -0.3 is 33.8 Å². The minimum atomic E-state index is -5.01. The van der Waals surface area contributed by atoms with Crippen LogP contribution in [0.3, 0.4) is 0 Å². The van der Waals surface area contributed by atoms with Gasteiger partial charge in [0.1, 0.15) is 19.3 Å². The minimum Gasteiger partial charge on any atom is -0.462 e. The Morgan fingerprint density at radius 1 is 0.274 bits per heavy atom. The number of allylic oxidation sites excluding steroid dienone is 26. The van der Waals surface area contributed by atoms with Crippen molar-refractivity contribution in [3.63, 3.8) is 0 Å². The Hall–Kier alpha value is -5.32. The largest absolute Gasteiger partial charge is 0.472 e. The minimum absolute atomic E-state index is 0.0220. The number of phosphoric acid groups is 2. The zero-order valence-electron chi connectivity index (χ0n) is 66.1. The van der Waals surface area contributed by atoms with Gasteiger partial charge in [0.25, 0.3) is 0 Å². The molecule has 0 saturated heterocycles. The predicted octanol–water partition coefficient (Wildman–Crippen LogP) is 24.0. The summed E-state index contributed by atoms with van der Waals surface area (Å²) in [5.74, 6) is -2.33. The lowest BCUT2D eigenvalue weighted by molar-refractivity contribution is -0.161. The van der Waals surface area contributed by atoms with Gasteiger partial charge in [-0.2, -0.15) is 0 Å². The number of hydrogen-bond acceptors (Lipinski definition) is 15. The van der Waals surface area contributed by atoms with Crippen molar-refractivity contribution in [2.24, 2.45) is 0 Å². The lowest BCUT2D eigenvalue weighted by Crippen LogP contribution is -2.30. The molecular weight excluding hydrogens is 1380 g/mol. The Kier molecular flexibility index (Phi) is 73.9. The highest BCUT2D eigenvalue weighted by molar-refractivity contribution is 7.47. The SMILES string of the molecule is CC/C=C\C/C=C\C/C=C\C/C=C\C/C=C\C/C=C\CCC(=O)OCC(COP(=O)(O)OCC(O)COP(=O)(O)OCC(COC(=O)CCCCCCCCC/C=C\C/C=C\C/C=C\CC)OC(=O)CCCCCCCCCCCCCCCCC)OC(=O)CCCC/C=C\C/C=C\C/C=C\C/C=C\CC. The van der Waals surface area contributed by atoms with Crippen LogP contribution in [0.25, 0.3) is 0 Å². The second-order valence-electron chi connectivity index (χ2n) is 26.6. The standard InChI is InChI=1S/C87H144O17P2/c1-5-9-13-17-21-25-29-33-37-39-40-42-46-48-52-56-60-64-68-72-85(90)98-78-83(104-87(92)74-70-66-62-58-54-50-44-36-32-28-24-20-16-12-8-4)80-102-106(95,96)100-76-81(88)75-99-105(93,94)101-79-82(103-86(91)73-69-65-61-57-53-49-43-35-31-27-23-19-15-11-7-3)77-97-84(89)71-67-63-59-55-51-47-45-41-38-34-30-26-22-18-14-10-6-2/h9-10,12-14,16,21-22,24-26,28,33-34,36-38,40,42,44,48,52,54,58,60,64,81-83,88H,5-8,11,15,17-20,23,27,29-32,35,39,41,43,45-47,49-51,53,55-57,59,61-63,65-80H2,1-4H3,(H,93,94)(H,95,96)/b13-9-,14-10-,16-12-,25-21-,26-22-,28-24-,37-33-,38-34-,42-40-,44-36-,52-48-,58-54-,64-60-. The molecule has 604 valence electrons. The number of hydrogen-bond donors (Lipinski definition) is 3. The first-order valence-corrected chi connectivity index (χ1v) is 43.7. The lowest BCUT2D eigenvalue weighted by atomic mass is 10.0. The van der Waals surface area contributed by atoms with E-state index >= 15 is 0 Å². The number of aliphatic hydroxyl groups is 1. The molecule has 0 fully saturated rings. The van der Waals surface area contributed by atoms with Crippen LogP contribution >= 0.6 is 15.6 Å². The highest BCUT2D eigenvalue weighted by Gasteiger charge is 2.30. The van der Waals surface area contributed by atoms with Crippen LogP contribution in [0.1, 0.15) is 310 Å². The van der Waals surface area contributed by atoms with Crippen molar-refractivity contribution in [2.45, 2.75) is 329 Å². The first-order valence-electron chi connectivity index (χ1n) is 40.7. The highest BCUT2D eigenvalue weighted by Crippen LogP contribution is 2.45. The van der Waals surface area contributed by atoms with E-state index in [1.807, 2.05) is 18.2 Å². The average Bonchev–Trinajstić information content (AvgIpc) is 0.909. The molecule has 5 unspecified atom stereocenters. The summed E-state index contributed by atoms with van der Waals surface area (Å²) in [6.07, 6.45) is 90.9. The topological polar surface area (TPSA) is 237 Å². The van der Waals surface area contributed by atoms with E-state index < -0.39 is 97.5 Å². The van der Waals surface area contributed by atoms with E-state index in [0.717, 1.165) is 154 Å². The quantitative estimate of drug-likeness (QED) is 0.0169. The number of ether oxygens (including phenoxy) is 4. The Labute approximate surface area is 642 Å². The van der Waals surface area contributed by atoms with E-state index in [0.29, 0.717) is 38.5 Å². The number of aliphatic hydroxyl groups excluding tert-OH is 1. The Morgan fingerprint density at radius 2 is 0.509 bits per heavy atom. The Morgan fingerprint density at radius 3 is 0.830 bits per heavy atom. The van der Waals surface area contributed by atoms with E-state index in [9.17, 15) is 43.2 Å². The summed E-state index contributed by atoms with van der Waals surface area (Å²) >= 11 is 0. The van der Waals surface area contributed by atoms with Crippen LogP contribution in [0.2, 0.25) is 0 Å². The van der Waals surface area contributed by atoms with E-state index in [2.05, 4.69) is 167 Å². The van der Waals surface area contributed by atoms with Crippen molar-refractivity contribution in [2.75, 3.05) is 39.6 Å². The van der Waals surface area contributed by atoms with Crippen molar-refractivity contribution >= 4 is 39.5 Å². The second-order valence-corrected chi connectivity index (χ2v) is 29.5. The molecule has 19 heteroatoms. The van der Waals surface area contributed by atoms with E-state index in [1.165, 1.54) is 64.2 Å². The third-order valence-corrected chi connectivity index (χ3v) is 18.4. The van der Waals surface area contributed by atoms with E-state index in [1.54, 1.807) is 0 Å². The summed E-state index contributed by atoms with van der Waals surface area (Å²) in [7, 11) is -10.0. The molecule has 3 N–H and O–H groups in total. The average molecular weight is 1520 g/mol. The summed E-state index contributed by atoms with van der Waals surface area (Å²) in [6, 6.07) is 0. The number of phosphoric ester groups is 2. The van der Waals surface area contributed by atoms with Gasteiger partial charge in [0.2, 0.25) is 0 Å². The monoisotopic (exact) mass is 1520 g/mol. The fraction of sp³-hybridized carbons (Fsp3) is 0.655. The van der Waals surface area contributed by atoms with Gasteiger partial charge in [0.05, 0.1) is 26.4 Å². The van der Waals surface area contributed by atoms with Gasteiger partial charge in [0, 0.05) is 25.7 Å². The summed E-state index contributed by atoms with van der Waals surface area (Å²) < 4.78 is 68.6. The molecule has 0 aromatic carbocycles. The van der Waals surface area contributed by atoms with Crippen LogP contribution < -0.4 is 0 Å². The smallest absolute Gasteiger partial charge is 0.462 e. The third kappa shape index (κ3) is 76.9. The second kappa shape index (κ2) is 77.8. The maximum Gasteiger partial charge on any atom is 0.472 e. The lowest BCUT2D eigenvalue weighted by Gasteiger charge is -2.21. The molecule has 0 aromatic heterocycles. The summed E-state index contributed by atoms with van der Waals surface area (Å²) in [5.41, 5.74) is 0. The summed E-state index contributed by atoms with van der Waals surface area (Å²) in [4.78, 5) is 73.1. The van der Waals surface area contributed by atoms with Crippen LogP contribution in [-0.4, -0.2) is 96.7 Å². The molecule has 0 radical (unpaired) electrons. The molecule has 0 rings (SSSR count). The van der Waals surface area contributed by atoms with Crippen molar-refractivity contribution in [3.8, 4) is 0 Å². The van der Waals surface area contributed by atoms with Gasteiger partial charge in [-0.05, 0) is 135 Å². The van der Waals surface area contributed by atoms with Crippen LogP contribution in [0.5, 0.6) is 0 Å². The summed E-state index contributed by atoms with van der Waals surface area (Å²) in [5, 5.41) is 10.7. The van der Waals surface area contributed by atoms with Crippen molar-refractivity contribution in [1.29, 1.82) is 0 Å². The van der Waals surface area contributed by atoms with E-state index in [-0.39, 0.29) is 25.7 Å². The van der Waals surface area contributed by atoms with Crippen LogP contribution in [0.4, 0.5) is 0 Å². The molecule has 5 atom stereocenters. The molecule has 0 aliphatic rings. The molecule has 106 heavy (non-hydrogen) atoms. The van der Waals surface area contributed by atoms with Crippen molar-refractivity contribution in [3.05, 3.63) is 158 Å². The fourth-order valence-corrected chi connectivity index (χ4v) is 12.0.